The number of hydrogen-bond donors (Lipinski definition) is 1. The van der Waals surface area contributed by atoms with Crippen LogP contribution in [0.15, 0.2) is 42.4 Å². The third-order valence-electron chi connectivity index (χ3n) is 2.83. The number of rotatable bonds is 5. The van der Waals surface area contributed by atoms with Crippen molar-refractivity contribution in [1.82, 2.24) is 5.32 Å². The molecule has 2 aromatic rings. The monoisotopic (exact) mass is 465 g/mol. The largest absolute Gasteiger partial charge is 0.306 e. The summed E-state index contributed by atoms with van der Waals surface area (Å²) in [5.41, 5.74) is 2.55. The SMILES string of the molecule is CCCNC(c1ccc(Br)cc1Br)c1cscc1Br. The maximum absolute atomic E-state index is 3.67. The number of hydrogen-bond acceptors (Lipinski definition) is 2. The van der Waals surface area contributed by atoms with Gasteiger partial charge in [0.05, 0.1) is 6.04 Å². The molecule has 0 fully saturated rings. The fraction of sp³-hybridized carbons (Fsp3) is 0.286. The Labute approximate surface area is 143 Å². The number of nitrogens with one attached hydrogen (secondary N) is 1. The van der Waals surface area contributed by atoms with Crippen LogP contribution in [0, 0.1) is 0 Å². The van der Waals surface area contributed by atoms with E-state index in [1.54, 1.807) is 11.3 Å². The summed E-state index contributed by atoms with van der Waals surface area (Å²) in [6.07, 6.45) is 1.12. The fourth-order valence-corrected chi connectivity index (χ4v) is 4.74. The summed E-state index contributed by atoms with van der Waals surface area (Å²) < 4.78 is 3.37. The van der Waals surface area contributed by atoms with E-state index in [9.17, 15) is 0 Å². The minimum absolute atomic E-state index is 0.211. The summed E-state index contributed by atoms with van der Waals surface area (Å²) in [6.45, 7) is 3.18. The first-order valence-electron chi connectivity index (χ1n) is 6.03. The zero-order valence-electron chi connectivity index (χ0n) is 10.4. The van der Waals surface area contributed by atoms with E-state index in [1.807, 2.05) is 0 Å². The Morgan fingerprint density at radius 2 is 1.89 bits per heavy atom. The van der Waals surface area contributed by atoms with Gasteiger partial charge in [-0.3, -0.25) is 0 Å². The van der Waals surface area contributed by atoms with Crippen LogP contribution in [-0.2, 0) is 0 Å². The van der Waals surface area contributed by atoms with E-state index in [0.717, 1.165) is 21.9 Å². The van der Waals surface area contributed by atoms with E-state index >= 15 is 0 Å². The maximum Gasteiger partial charge on any atom is 0.0607 e. The molecule has 1 unspecified atom stereocenters. The van der Waals surface area contributed by atoms with Crippen molar-refractivity contribution in [2.75, 3.05) is 6.54 Å². The van der Waals surface area contributed by atoms with Gasteiger partial charge in [0.25, 0.3) is 0 Å². The van der Waals surface area contributed by atoms with Crippen LogP contribution >= 0.6 is 59.1 Å². The highest BCUT2D eigenvalue weighted by atomic mass is 79.9. The zero-order chi connectivity index (χ0) is 13.8. The number of halogens is 3. The summed E-state index contributed by atoms with van der Waals surface area (Å²) in [5.74, 6) is 0. The Morgan fingerprint density at radius 1 is 1.11 bits per heavy atom. The third-order valence-corrected chi connectivity index (χ3v) is 5.76. The van der Waals surface area contributed by atoms with Gasteiger partial charge in [0.1, 0.15) is 0 Å². The minimum atomic E-state index is 0.211. The molecule has 0 aliphatic heterocycles. The van der Waals surface area contributed by atoms with Gasteiger partial charge in [0.2, 0.25) is 0 Å². The molecule has 0 bridgehead atoms. The Kier molecular flexibility index (Phi) is 6.09. The van der Waals surface area contributed by atoms with Crippen LogP contribution in [0.5, 0.6) is 0 Å². The number of benzene rings is 1. The lowest BCUT2D eigenvalue weighted by atomic mass is 10.0. The van der Waals surface area contributed by atoms with Gasteiger partial charge >= 0.3 is 0 Å². The summed E-state index contributed by atoms with van der Waals surface area (Å²) >= 11 is 12.5. The highest BCUT2D eigenvalue weighted by Gasteiger charge is 2.19. The normalized spacial score (nSPS) is 12.6. The van der Waals surface area contributed by atoms with Crippen LogP contribution in [0.1, 0.15) is 30.5 Å². The summed E-state index contributed by atoms with van der Waals surface area (Å²) in [5, 5.41) is 7.95. The second-order valence-electron chi connectivity index (χ2n) is 4.23. The molecule has 1 aromatic heterocycles. The summed E-state index contributed by atoms with van der Waals surface area (Å²) in [4.78, 5) is 0. The molecule has 1 atom stereocenters. The second-order valence-corrected chi connectivity index (χ2v) is 7.60. The molecule has 1 N–H and O–H groups in total. The molecule has 102 valence electrons. The molecular weight excluding hydrogens is 454 g/mol. The molecule has 0 saturated carbocycles. The molecule has 0 aliphatic rings. The Hall–Kier alpha value is 0.320. The number of thiophene rings is 1. The smallest absolute Gasteiger partial charge is 0.0607 e. The quantitative estimate of drug-likeness (QED) is 0.558. The zero-order valence-corrected chi connectivity index (χ0v) is 16.0. The first kappa shape index (κ1) is 15.7. The first-order valence-corrected chi connectivity index (χ1v) is 9.35. The average molecular weight is 468 g/mol. The molecule has 0 amide bonds. The molecule has 5 heteroatoms. The summed E-state index contributed by atoms with van der Waals surface area (Å²) in [7, 11) is 0. The van der Waals surface area contributed by atoms with E-state index in [-0.39, 0.29) is 6.04 Å². The van der Waals surface area contributed by atoms with E-state index < -0.39 is 0 Å². The van der Waals surface area contributed by atoms with Crippen molar-refractivity contribution in [3.05, 3.63) is 53.5 Å². The van der Waals surface area contributed by atoms with Crippen molar-refractivity contribution in [3.63, 3.8) is 0 Å². The van der Waals surface area contributed by atoms with Gasteiger partial charge in [0, 0.05) is 18.8 Å². The fourth-order valence-electron chi connectivity index (χ4n) is 1.91. The van der Waals surface area contributed by atoms with Gasteiger partial charge in [-0.1, -0.05) is 44.8 Å². The lowest BCUT2D eigenvalue weighted by Gasteiger charge is -2.20. The van der Waals surface area contributed by atoms with E-state index in [1.165, 1.54) is 15.6 Å². The summed E-state index contributed by atoms with van der Waals surface area (Å²) in [6, 6.07) is 6.55. The predicted octanol–water partition coefficient (Wildman–Crippen LogP) is 6.12. The van der Waals surface area contributed by atoms with Crippen LogP contribution in [0.25, 0.3) is 0 Å². The maximum atomic E-state index is 3.67. The topological polar surface area (TPSA) is 12.0 Å². The van der Waals surface area contributed by atoms with Crippen LogP contribution < -0.4 is 5.32 Å². The molecular formula is C14H14Br3NS. The van der Waals surface area contributed by atoms with Crippen LogP contribution in [0.2, 0.25) is 0 Å². The van der Waals surface area contributed by atoms with Crippen LogP contribution in [0.4, 0.5) is 0 Å². The Morgan fingerprint density at radius 3 is 2.47 bits per heavy atom. The minimum Gasteiger partial charge on any atom is -0.306 e. The van der Waals surface area contributed by atoms with Gasteiger partial charge in [0.15, 0.2) is 0 Å². The van der Waals surface area contributed by atoms with Gasteiger partial charge in [-0.15, -0.1) is 0 Å². The predicted molar refractivity (Wildman–Crippen MR) is 94.0 cm³/mol. The highest BCUT2D eigenvalue weighted by molar-refractivity contribution is 9.11. The third kappa shape index (κ3) is 3.91. The van der Waals surface area contributed by atoms with Gasteiger partial charge in [-0.05, 0) is 57.5 Å². The van der Waals surface area contributed by atoms with E-state index in [2.05, 4.69) is 89.0 Å². The average Bonchev–Trinajstić information content (AvgIpc) is 2.78. The van der Waals surface area contributed by atoms with Crippen molar-refractivity contribution in [3.8, 4) is 0 Å². The standard InChI is InChI=1S/C14H14Br3NS/c1-2-5-18-14(11-7-19-8-13(11)17)10-4-3-9(15)6-12(10)16/h3-4,6-8,14,18H,2,5H2,1H3. The molecule has 2 rings (SSSR count). The van der Waals surface area contributed by atoms with Crippen molar-refractivity contribution in [2.45, 2.75) is 19.4 Å². The Balaban J connectivity index is 2.40. The molecule has 0 aliphatic carbocycles. The molecule has 0 spiro atoms. The second kappa shape index (κ2) is 7.36. The first-order chi connectivity index (χ1) is 9.13. The lowest BCUT2D eigenvalue weighted by Crippen LogP contribution is -2.23. The molecule has 0 radical (unpaired) electrons. The molecule has 19 heavy (non-hydrogen) atoms. The van der Waals surface area contributed by atoms with Crippen molar-refractivity contribution >= 4 is 59.1 Å². The van der Waals surface area contributed by atoms with Gasteiger partial charge in [-0.25, -0.2) is 0 Å². The molecule has 1 aromatic carbocycles. The molecule has 1 nitrogen and oxygen atoms in total. The van der Waals surface area contributed by atoms with Crippen molar-refractivity contribution in [2.24, 2.45) is 0 Å². The lowest BCUT2D eigenvalue weighted by molar-refractivity contribution is 0.596. The molecule has 0 saturated heterocycles. The molecule has 1 heterocycles. The highest BCUT2D eigenvalue weighted by Crippen LogP contribution is 2.35. The Bertz CT molecular complexity index is 553. The van der Waals surface area contributed by atoms with Gasteiger partial charge in [-0.2, -0.15) is 11.3 Å². The van der Waals surface area contributed by atoms with Crippen LogP contribution in [-0.4, -0.2) is 6.54 Å². The van der Waals surface area contributed by atoms with Gasteiger partial charge < -0.3 is 5.32 Å². The van der Waals surface area contributed by atoms with Crippen LogP contribution in [0.3, 0.4) is 0 Å². The van der Waals surface area contributed by atoms with Crippen molar-refractivity contribution < 1.29 is 0 Å². The van der Waals surface area contributed by atoms with Crippen molar-refractivity contribution in [1.29, 1.82) is 0 Å². The van der Waals surface area contributed by atoms with E-state index in [4.69, 9.17) is 0 Å². The van der Waals surface area contributed by atoms with E-state index in [0.29, 0.717) is 0 Å².